The van der Waals surface area contributed by atoms with E-state index in [2.05, 4.69) is 5.32 Å². The van der Waals surface area contributed by atoms with Gasteiger partial charge in [-0.05, 0) is 6.42 Å². The molecule has 0 aromatic heterocycles. The van der Waals surface area contributed by atoms with Crippen LogP contribution < -0.4 is 5.32 Å². The zero-order valence-electron chi connectivity index (χ0n) is 7.08. The lowest BCUT2D eigenvalue weighted by molar-refractivity contribution is -0.109. The van der Waals surface area contributed by atoms with Gasteiger partial charge in [0.05, 0.1) is 12.7 Å². The van der Waals surface area contributed by atoms with Crippen LogP contribution in [0.4, 0.5) is 0 Å². The SMILES string of the molecule is CCCC(O)CO.CNC=O. The molecule has 0 aromatic carbocycles. The van der Waals surface area contributed by atoms with Crippen LogP contribution in [0, 0.1) is 0 Å². The molecule has 0 heterocycles. The summed E-state index contributed by atoms with van der Waals surface area (Å²) in [6.45, 7) is 1.87. The first-order chi connectivity index (χ1) is 5.22. The van der Waals surface area contributed by atoms with Crippen molar-refractivity contribution in [3.05, 3.63) is 0 Å². The van der Waals surface area contributed by atoms with Crippen LogP contribution in [-0.2, 0) is 4.79 Å². The Morgan fingerprint density at radius 1 is 1.64 bits per heavy atom. The summed E-state index contributed by atoms with van der Waals surface area (Å²) in [5.74, 6) is 0. The average Bonchev–Trinajstić information content (AvgIpc) is 2.05. The lowest BCUT2D eigenvalue weighted by atomic mass is 10.2. The summed E-state index contributed by atoms with van der Waals surface area (Å²) in [4.78, 5) is 9.06. The van der Waals surface area contributed by atoms with Gasteiger partial charge in [0, 0.05) is 7.05 Å². The van der Waals surface area contributed by atoms with E-state index in [0.717, 1.165) is 6.42 Å². The highest BCUT2D eigenvalue weighted by Crippen LogP contribution is 1.92. The number of carbonyl (C=O) groups is 1. The van der Waals surface area contributed by atoms with E-state index in [1.54, 1.807) is 7.05 Å². The van der Waals surface area contributed by atoms with Crippen molar-refractivity contribution in [2.75, 3.05) is 13.7 Å². The van der Waals surface area contributed by atoms with Crippen LogP contribution in [0.15, 0.2) is 0 Å². The van der Waals surface area contributed by atoms with E-state index < -0.39 is 6.10 Å². The van der Waals surface area contributed by atoms with Crippen molar-refractivity contribution in [2.45, 2.75) is 25.9 Å². The van der Waals surface area contributed by atoms with Crippen LogP contribution in [0.2, 0.25) is 0 Å². The smallest absolute Gasteiger partial charge is 0.206 e. The van der Waals surface area contributed by atoms with Crippen molar-refractivity contribution in [3.8, 4) is 0 Å². The Balaban J connectivity index is 0. The molecule has 0 rings (SSSR count). The van der Waals surface area contributed by atoms with Crippen molar-refractivity contribution in [3.63, 3.8) is 0 Å². The van der Waals surface area contributed by atoms with E-state index in [0.29, 0.717) is 12.8 Å². The molecule has 4 nitrogen and oxygen atoms in total. The second-order valence-corrected chi connectivity index (χ2v) is 2.03. The van der Waals surface area contributed by atoms with E-state index in [1.807, 2.05) is 6.92 Å². The van der Waals surface area contributed by atoms with Crippen molar-refractivity contribution in [2.24, 2.45) is 0 Å². The predicted octanol–water partition coefficient (Wildman–Crippen LogP) is -0.498. The van der Waals surface area contributed by atoms with Gasteiger partial charge in [-0.1, -0.05) is 13.3 Å². The van der Waals surface area contributed by atoms with Gasteiger partial charge in [-0.2, -0.15) is 0 Å². The molecular weight excluding hydrogens is 146 g/mol. The largest absolute Gasteiger partial charge is 0.394 e. The summed E-state index contributed by atoms with van der Waals surface area (Å²) in [7, 11) is 1.56. The molecule has 0 radical (unpaired) electrons. The predicted molar refractivity (Wildman–Crippen MR) is 43.1 cm³/mol. The van der Waals surface area contributed by atoms with Crippen molar-refractivity contribution >= 4 is 6.41 Å². The van der Waals surface area contributed by atoms with Gasteiger partial charge >= 0.3 is 0 Å². The second-order valence-electron chi connectivity index (χ2n) is 2.03. The molecule has 0 fully saturated rings. The first kappa shape index (κ1) is 13.0. The van der Waals surface area contributed by atoms with Crippen LogP contribution in [0.25, 0.3) is 0 Å². The molecule has 68 valence electrons. The Morgan fingerprint density at radius 3 is 2.18 bits per heavy atom. The average molecular weight is 163 g/mol. The number of carbonyl (C=O) groups excluding carboxylic acids is 1. The Morgan fingerprint density at radius 2 is 2.09 bits per heavy atom. The van der Waals surface area contributed by atoms with Gasteiger partial charge in [0.15, 0.2) is 0 Å². The van der Waals surface area contributed by atoms with Crippen LogP contribution in [0.1, 0.15) is 19.8 Å². The molecule has 1 amide bonds. The van der Waals surface area contributed by atoms with Crippen LogP contribution in [-0.4, -0.2) is 36.4 Å². The van der Waals surface area contributed by atoms with Crippen molar-refractivity contribution in [1.29, 1.82) is 0 Å². The minimum Gasteiger partial charge on any atom is -0.394 e. The quantitative estimate of drug-likeness (QED) is 0.489. The van der Waals surface area contributed by atoms with Crippen LogP contribution in [0.5, 0.6) is 0 Å². The molecule has 0 aromatic rings. The molecule has 11 heavy (non-hydrogen) atoms. The minimum atomic E-state index is -0.495. The van der Waals surface area contributed by atoms with E-state index in [-0.39, 0.29) is 6.61 Å². The van der Waals surface area contributed by atoms with Crippen molar-refractivity contribution in [1.82, 2.24) is 5.32 Å². The molecular formula is C7H17NO3. The van der Waals surface area contributed by atoms with Gasteiger partial charge in [-0.15, -0.1) is 0 Å². The van der Waals surface area contributed by atoms with Gasteiger partial charge in [-0.25, -0.2) is 0 Å². The fourth-order valence-electron chi connectivity index (χ4n) is 0.425. The zero-order chi connectivity index (χ0) is 9.11. The molecule has 0 saturated heterocycles. The summed E-state index contributed by atoms with van der Waals surface area (Å²) < 4.78 is 0. The topological polar surface area (TPSA) is 69.6 Å². The highest BCUT2D eigenvalue weighted by molar-refractivity contribution is 5.44. The Bertz CT molecular complexity index is 78.1. The summed E-state index contributed by atoms with van der Waals surface area (Å²) in [6, 6.07) is 0. The van der Waals surface area contributed by atoms with E-state index in [9.17, 15) is 0 Å². The van der Waals surface area contributed by atoms with Gasteiger partial charge in [0.1, 0.15) is 0 Å². The third-order valence-corrected chi connectivity index (χ3v) is 0.950. The first-order valence-electron chi connectivity index (χ1n) is 3.62. The fourth-order valence-corrected chi connectivity index (χ4v) is 0.425. The van der Waals surface area contributed by atoms with E-state index in [4.69, 9.17) is 15.0 Å². The van der Waals surface area contributed by atoms with Gasteiger partial charge in [0.25, 0.3) is 0 Å². The zero-order valence-corrected chi connectivity index (χ0v) is 7.08. The molecule has 0 aliphatic rings. The third kappa shape index (κ3) is 17.7. The Hall–Kier alpha value is -0.610. The number of hydrogen-bond acceptors (Lipinski definition) is 3. The maximum absolute atomic E-state index is 9.06. The standard InChI is InChI=1S/C5H12O2.C2H5NO/c1-2-3-5(7)4-6;1-3-2-4/h5-7H,2-4H2,1H3;2H,1H3,(H,3,4). The van der Waals surface area contributed by atoms with Gasteiger partial charge < -0.3 is 15.5 Å². The van der Waals surface area contributed by atoms with Gasteiger partial charge in [0.2, 0.25) is 6.41 Å². The minimum absolute atomic E-state index is 0.103. The molecule has 0 aliphatic heterocycles. The molecule has 1 atom stereocenters. The highest BCUT2D eigenvalue weighted by Gasteiger charge is 1.95. The number of rotatable bonds is 4. The van der Waals surface area contributed by atoms with E-state index in [1.165, 1.54) is 0 Å². The fraction of sp³-hybridized carbons (Fsp3) is 0.857. The molecule has 4 heteroatoms. The number of aliphatic hydroxyl groups excluding tert-OH is 2. The molecule has 1 unspecified atom stereocenters. The first-order valence-corrected chi connectivity index (χ1v) is 3.62. The lowest BCUT2D eigenvalue weighted by Crippen LogP contribution is -2.10. The number of hydrogen-bond donors (Lipinski definition) is 3. The maximum Gasteiger partial charge on any atom is 0.206 e. The molecule has 0 spiro atoms. The Kier molecular flexibility index (Phi) is 14.3. The number of nitrogens with one attached hydrogen (secondary N) is 1. The van der Waals surface area contributed by atoms with Crippen molar-refractivity contribution < 1.29 is 15.0 Å². The van der Waals surface area contributed by atoms with Crippen LogP contribution in [0.3, 0.4) is 0 Å². The summed E-state index contributed by atoms with van der Waals surface area (Å²) in [6.07, 6.45) is 1.77. The lowest BCUT2D eigenvalue weighted by Gasteiger charge is -2.01. The second kappa shape index (κ2) is 12.1. The number of amides is 1. The van der Waals surface area contributed by atoms with Crippen LogP contribution >= 0.6 is 0 Å². The molecule has 0 bridgehead atoms. The number of aliphatic hydroxyl groups is 2. The highest BCUT2D eigenvalue weighted by atomic mass is 16.3. The summed E-state index contributed by atoms with van der Waals surface area (Å²) >= 11 is 0. The molecule has 0 saturated carbocycles. The van der Waals surface area contributed by atoms with E-state index >= 15 is 0 Å². The monoisotopic (exact) mass is 163 g/mol. The van der Waals surface area contributed by atoms with Gasteiger partial charge in [-0.3, -0.25) is 4.79 Å². The molecule has 0 aliphatic carbocycles. The Labute approximate surface area is 67.2 Å². The molecule has 3 N–H and O–H groups in total. The third-order valence-electron chi connectivity index (χ3n) is 0.950. The summed E-state index contributed by atoms with van der Waals surface area (Å²) in [5.41, 5.74) is 0. The maximum atomic E-state index is 9.06. The summed E-state index contributed by atoms with van der Waals surface area (Å²) in [5, 5.41) is 19.1. The normalized spacial score (nSPS) is 10.9.